The van der Waals surface area contributed by atoms with Crippen LogP contribution in [0.15, 0.2) is 17.1 Å². The summed E-state index contributed by atoms with van der Waals surface area (Å²) in [7, 11) is 0. The Balaban J connectivity index is 0.00000261. The minimum atomic E-state index is 0. The number of aliphatic imine (C=N–C) groups is 1. The smallest absolute Gasteiger partial charge is 0.191 e. The fourth-order valence-electron chi connectivity index (χ4n) is 3.58. The Labute approximate surface area is 189 Å². The van der Waals surface area contributed by atoms with Gasteiger partial charge in [-0.25, -0.2) is 4.99 Å². The lowest BCUT2D eigenvalue weighted by Crippen LogP contribution is -2.60. The van der Waals surface area contributed by atoms with Crippen LogP contribution in [0.5, 0.6) is 0 Å². The van der Waals surface area contributed by atoms with Crippen molar-refractivity contribution in [2.24, 2.45) is 4.99 Å². The standard InChI is InChI=1S/C19H32N4OS2.HI/c1-3-16-5-6-17(26-16)13-21-18(20-4-2)22-14-19(7-12-25-15-19)23-8-10-24-11-9-23;/h5-6H,3-4,7-15H2,1-2H3,(H2,20,21,22);1H. The predicted octanol–water partition coefficient (Wildman–Crippen LogP) is 3.19. The van der Waals surface area contributed by atoms with Crippen LogP contribution in [0.3, 0.4) is 0 Å². The highest BCUT2D eigenvalue weighted by atomic mass is 127. The summed E-state index contributed by atoms with van der Waals surface area (Å²) in [6.07, 6.45) is 2.35. The first kappa shape index (κ1) is 23.3. The number of hydrogen-bond acceptors (Lipinski definition) is 5. The summed E-state index contributed by atoms with van der Waals surface area (Å²) >= 11 is 3.94. The maximum absolute atomic E-state index is 5.56. The van der Waals surface area contributed by atoms with Crippen LogP contribution >= 0.6 is 47.1 Å². The van der Waals surface area contributed by atoms with Gasteiger partial charge in [0.15, 0.2) is 5.96 Å². The summed E-state index contributed by atoms with van der Waals surface area (Å²) in [5.41, 5.74) is 0.239. The van der Waals surface area contributed by atoms with Gasteiger partial charge >= 0.3 is 0 Å². The number of halogens is 1. The number of guanidine groups is 1. The van der Waals surface area contributed by atoms with Gasteiger partial charge in [-0.15, -0.1) is 35.3 Å². The topological polar surface area (TPSA) is 48.9 Å². The highest BCUT2D eigenvalue weighted by Gasteiger charge is 2.40. The van der Waals surface area contributed by atoms with Crippen LogP contribution in [0.2, 0.25) is 0 Å². The molecule has 0 aromatic carbocycles. The lowest BCUT2D eigenvalue weighted by Gasteiger charge is -2.43. The van der Waals surface area contributed by atoms with Gasteiger partial charge in [0.05, 0.1) is 19.8 Å². The molecule has 3 rings (SSSR count). The van der Waals surface area contributed by atoms with E-state index < -0.39 is 0 Å². The monoisotopic (exact) mass is 524 g/mol. The Hall–Kier alpha value is -0.0300. The van der Waals surface area contributed by atoms with E-state index in [2.05, 4.69) is 53.3 Å². The van der Waals surface area contributed by atoms with Crippen molar-refractivity contribution in [3.63, 3.8) is 0 Å². The number of thiophene rings is 1. The number of nitrogens with zero attached hydrogens (tertiary/aromatic N) is 2. The first-order valence-electron chi connectivity index (χ1n) is 9.76. The van der Waals surface area contributed by atoms with Crippen molar-refractivity contribution in [3.05, 3.63) is 21.9 Å². The first-order chi connectivity index (χ1) is 12.8. The summed E-state index contributed by atoms with van der Waals surface area (Å²) in [6.45, 7) is 10.7. The van der Waals surface area contributed by atoms with Crippen LogP contribution in [0.1, 0.15) is 30.0 Å². The summed E-state index contributed by atoms with van der Waals surface area (Å²) in [6, 6.07) is 4.43. The molecule has 1 unspecified atom stereocenters. The lowest BCUT2D eigenvalue weighted by molar-refractivity contribution is -0.0120. The molecule has 0 saturated carbocycles. The molecule has 0 amide bonds. The second-order valence-electron chi connectivity index (χ2n) is 6.90. The molecule has 5 nitrogen and oxygen atoms in total. The SMILES string of the molecule is CCNC(=NCc1ccc(CC)s1)NCC1(N2CCOCC2)CCSC1.I. The van der Waals surface area contributed by atoms with Crippen molar-refractivity contribution in [3.8, 4) is 0 Å². The Morgan fingerprint density at radius 3 is 2.63 bits per heavy atom. The van der Waals surface area contributed by atoms with Gasteiger partial charge in [0.2, 0.25) is 0 Å². The number of nitrogens with one attached hydrogen (secondary N) is 2. The van der Waals surface area contributed by atoms with Gasteiger partial charge in [0.25, 0.3) is 0 Å². The third kappa shape index (κ3) is 6.48. The first-order valence-corrected chi connectivity index (χ1v) is 11.7. The van der Waals surface area contributed by atoms with E-state index in [9.17, 15) is 0 Å². The van der Waals surface area contributed by atoms with E-state index in [-0.39, 0.29) is 29.5 Å². The average molecular weight is 525 g/mol. The summed E-state index contributed by atoms with van der Waals surface area (Å²) in [5, 5.41) is 7.05. The Morgan fingerprint density at radius 2 is 2.00 bits per heavy atom. The Kier molecular flexibility index (Phi) is 10.2. The molecule has 154 valence electrons. The summed E-state index contributed by atoms with van der Waals surface area (Å²) in [4.78, 5) is 10.2. The second kappa shape index (κ2) is 11.8. The number of hydrogen-bond donors (Lipinski definition) is 2. The number of thioether (sulfide) groups is 1. The molecule has 2 aliphatic rings. The van der Waals surface area contributed by atoms with E-state index in [1.807, 2.05) is 11.3 Å². The molecule has 0 aliphatic carbocycles. The number of morpholine rings is 1. The highest BCUT2D eigenvalue weighted by molar-refractivity contribution is 14.0. The van der Waals surface area contributed by atoms with E-state index in [1.54, 1.807) is 0 Å². The molecule has 1 atom stereocenters. The second-order valence-corrected chi connectivity index (χ2v) is 9.25. The number of rotatable bonds is 7. The van der Waals surface area contributed by atoms with Crippen molar-refractivity contribution >= 4 is 53.0 Å². The molecule has 2 aliphatic heterocycles. The molecule has 1 aromatic rings. The van der Waals surface area contributed by atoms with Gasteiger partial charge in [-0.05, 0) is 37.7 Å². The molecule has 1 aromatic heterocycles. The maximum atomic E-state index is 5.56. The third-order valence-corrected chi connectivity index (χ3v) is 7.60. The van der Waals surface area contributed by atoms with Crippen molar-refractivity contribution in [2.75, 3.05) is 50.9 Å². The van der Waals surface area contributed by atoms with Crippen molar-refractivity contribution < 1.29 is 4.74 Å². The highest BCUT2D eigenvalue weighted by Crippen LogP contribution is 2.33. The third-order valence-electron chi connectivity index (χ3n) is 5.15. The van der Waals surface area contributed by atoms with E-state index in [4.69, 9.17) is 9.73 Å². The molecule has 0 radical (unpaired) electrons. The molecule has 0 bridgehead atoms. The molecule has 8 heteroatoms. The van der Waals surface area contributed by atoms with E-state index in [0.29, 0.717) is 0 Å². The number of aryl methyl sites for hydroxylation is 1. The van der Waals surface area contributed by atoms with Crippen LogP contribution in [-0.2, 0) is 17.7 Å². The van der Waals surface area contributed by atoms with Crippen LogP contribution in [0.4, 0.5) is 0 Å². The van der Waals surface area contributed by atoms with Crippen molar-refractivity contribution in [1.29, 1.82) is 0 Å². The lowest BCUT2D eigenvalue weighted by atomic mass is 9.95. The molecule has 2 saturated heterocycles. The largest absolute Gasteiger partial charge is 0.379 e. The maximum Gasteiger partial charge on any atom is 0.191 e. The van der Waals surface area contributed by atoms with Gasteiger partial charge < -0.3 is 15.4 Å². The normalized spacial score (nSPS) is 23.9. The zero-order chi connectivity index (χ0) is 18.2. The van der Waals surface area contributed by atoms with Gasteiger partial charge in [-0.3, -0.25) is 4.90 Å². The molecule has 3 heterocycles. The van der Waals surface area contributed by atoms with Gasteiger partial charge in [0.1, 0.15) is 0 Å². The van der Waals surface area contributed by atoms with E-state index in [1.165, 1.54) is 27.7 Å². The molecular formula is C19H33IN4OS2. The zero-order valence-electron chi connectivity index (χ0n) is 16.5. The van der Waals surface area contributed by atoms with Crippen LogP contribution in [0.25, 0.3) is 0 Å². The quantitative estimate of drug-likeness (QED) is 0.326. The fourth-order valence-corrected chi connectivity index (χ4v) is 5.94. The summed E-state index contributed by atoms with van der Waals surface area (Å²) in [5.74, 6) is 3.38. The minimum Gasteiger partial charge on any atom is -0.379 e. The summed E-state index contributed by atoms with van der Waals surface area (Å²) < 4.78 is 5.56. The number of ether oxygens (including phenoxy) is 1. The molecule has 27 heavy (non-hydrogen) atoms. The van der Waals surface area contributed by atoms with Gasteiger partial charge in [-0.1, -0.05) is 6.92 Å². The van der Waals surface area contributed by atoms with Crippen molar-refractivity contribution in [1.82, 2.24) is 15.5 Å². The molecule has 2 N–H and O–H groups in total. The van der Waals surface area contributed by atoms with Gasteiger partial charge in [0, 0.05) is 47.2 Å². The fraction of sp³-hybridized carbons (Fsp3) is 0.737. The van der Waals surface area contributed by atoms with Gasteiger partial charge in [-0.2, -0.15) is 11.8 Å². The Morgan fingerprint density at radius 1 is 1.22 bits per heavy atom. The molecule has 0 spiro atoms. The van der Waals surface area contributed by atoms with E-state index in [0.717, 1.165) is 58.3 Å². The average Bonchev–Trinajstić information content (AvgIpc) is 3.35. The van der Waals surface area contributed by atoms with Crippen LogP contribution in [0, 0.1) is 0 Å². The van der Waals surface area contributed by atoms with Crippen molar-refractivity contribution in [2.45, 2.75) is 38.8 Å². The molecular weight excluding hydrogens is 491 g/mol. The van der Waals surface area contributed by atoms with E-state index >= 15 is 0 Å². The molecule has 2 fully saturated rings. The Bertz CT molecular complexity index is 584. The van der Waals surface area contributed by atoms with Crippen LogP contribution in [-0.4, -0.2) is 67.3 Å². The minimum absolute atomic E-state index is 0. The predicted molar refractivity (Wildman–Crippen MR) is 129 cm³/mol. The zero-order valence-corrected chi connectivity index (χ0v) is 20.4. The van der Waals surface area contributed by atoms with Crippen LogP contribution < -0.4 is 10.6 Å².